The summed E-state index contributed by atoms with van der Waals surface area (Å²) in [5.74, 6) is -4.70. The van der Waals surface area contributed by atoms with Gasteiger partial charge >= 0.3 is 5.97 Å². The molecule has 1 rings (SSSR count). The van der Waals surface area contributed by atoms with E-state index in [9.17, 15) is 18.7 Å². The molecule has 1 aromatic carbocycles. The van der Waals surface area contributed by atoms with E-state index in [1.807, 2.05) is 0 Å². The maximum atomic E-state index is 13.2. The number of aliphatic carboxylic acids is 1. The number of carboxylic acids is 1. The van der Waals surface area contributed by atoms with Crippen LogP contribution in [0.2, 0.25) is 5.02 Å². The zero-order valence-corrected chi connectivity index (χ0v) is 8.63. The molecule has 4 N–H and O–H groups in total. The van der Waals surface area contributed by atoms with E-state index >= 15 is 0 Å². The van der Waals surface area contributed by atoms with Crippen LogP contribution >= 0.6 is 11.6 Å². The van der Waals surface area contributed by atoms with Gasteiger partial charge in [0.1, 0.15) is 11.8 Å². The predicted molar refractivity (Wildman–Crippen MR) is 52.3 cm³/mol. The summed E-state index contributed by atoms with van der Waals surface area (Å²) < 4.78 is 26.1. The number of nitrogens with two attached hydrogens (primary N) is 1. The maximum absolute atomic E-state index is 13.2. The van der Waals surface area contributed by atoms with E-state index in [1.165, 1.54) is 0 Å². The molecule has 16 heavy (non-hydrogen) atoms. The van der Waals surface area contributed by atoms with Crippen molar-refractivity contribution in [2.45, 2.75) is 12.5 Å². The van der Waals surface area contributed by atoms with E-state index in [1.54, 1.807) is 0 Å². The summed E-state index contributed by atoms with van der Waals surface area (Å²) in [7, 11) is 0. The highest BCUT2D eigenvalue weighted by Gasteiger charge is 2.22. The van der Waals surface area contributed by atoms with E-state index in [0.717, 1.165) is 0 Å². The molecular formula is C9H8ClF2NO3. The van der Waals surface area contributed by atoms with Crippen LogP contribution in [-0.2, 0) is 11.2 Å². The molecule has 0 spiro atoms. The lowest BCUT2D eigenvalue weighted by Crippen LogP contribution is -2.32. The first-order chi connectivity index (χ1) is 7.34. The van der Waals surface area contributed by atoms with E-state index in [2.05, 4.69) is 0 Å². The van der Waals surface area contributed by atoms with Crippen molar-refractivity contribution >= 4 is 17.6 Å². The Morgan fingerprint density at radius 3 is 2.62 bits per heavy atom. The van der Waals surface area contributed by atoms with Crippen LogP contribution < -0.4 is 5.73 Å². The molecule has 88 valence electrons. The highest BCUT2D eigenvalue weighted by molar-refractivity contribution is 6.32. The molecule has 0 aliphatic heterocycles. The van der Waals surface area contributed by atoms with Gasteiger partial charge in [-0.1, -0.05) is 11.6 Å². The van der Waals surface area contributed by atoms with Gasteiger partial charge < -0.3 is 15.9 Å². The second-order valence-electron chi connectivity index (χ2n) is 3.13. The van der Waals surface area contributed by atoms with Crippen LogP contribution in [-0.4, -0.2) is 22.2 Å². The van der Waals surface area contributed by atoms with Crippen molar-refractivity contribution in [3.05, 3.63) is 28.3 Å². The number of hydrogen-bond acceptors (Lipinski definition) is 3. The van der Waals surface area contributed by atoms with Crippen molar-refractivity contribution < 1.29 is 23.8 Å². The van der Waals surface area contributed by atoms with Crippen LogP contribution in [0.1, 0.15) is 5.56 Å². The molecule has 1 aromatic rings. The molecule has 1 unspecified atom stereocenters. The van der Waals surface area contributed by atoms with Crippen molar-refractivity contribution in [3.63, 3.8) is 0 Å². The minimum atomic E-state index is -1.45. The fraction of sp³-hybridized carbons (Fsp3) is 0.222. The number of hydrogen-bond donors (Lipinski definition) is 3. The summed E-state index contributed by atoms with van der Waals surface area (Å²) >= 11 is 5.41. The molecule has 0 radical (unpaired) electrons. The molecule has 0 fully saturated rings. The van der Waals surface area contributed by atoms with Crippen molar-refractivity contribution in [1.29, 1.82) is 0 Å². The third kappa shape index (κ3) is 2.40. The van der Waals surface area contributed by atoms with Gasteiger partial charge in [-0.3, -0.25) is 4.79 Å². The second-order valence-corrected chi connectivity index (χ2v) is 3.54. The molecule has 0 amide bonds. The summed E-state index contributed by atoms with van der Waals surface area (Å²) in [6.07, 6.45) is -0.551. The largest absolute Gasteiger partial charge is 0.506 e. The van der Waals surface area contributed by atoms with Crippen LogP contribution in [0.25, 0.3) is 0 Å². The molecule has 0 heterocycles. The standard InChI is InChI=1S/C9H8ClF2NO3/c10-4-2-5(11)7(12)3(8(4)14)1-6(13)9(15)16/h2,6,14H,1,13H2,(H,15,16). The van der Waals surface area contributed by atoms with Crippen LogP contribution in [0, 0.1) is 11.6 Å². The van der Waals surface area contributed by atoms with Gasteiger partial charge in [0.15, 0.2) is 11.6 Å². The number of rotatable bonds is 3. The average molecular weight is 252 g/mol. The SMILES string of the molecule is NC(Cc1c(O)c(Cl)cc(F)c1F)C(=O)O. The van der Waals surface area contributed by atoms with Gasteiger partial charge in [0.05, 0.1) is 5.02 Å². The molecule has 0 aliphatic rings. The summed E-state index contributed by atoms with van der Waals surface area (Å²) in [5, 5.41) is 17.5. The Labute approximate surface area is 94.3 Å². The second kappa shape index (κ2) is 4.63. The van der Waals surface area contributed by atoms with Crippen LogP contribution in [0.15, 0.2) is 6.07 Å². The lowest BCUT2D eigenvalue weighted by molar-refractivity contribution is -0.138. The number of carbonyl (C=O) groups is 1. The van der Waals surface area contributed by atoms with E-state index in [0.29, 0.717) is 6.07 Å². The Morgan fingerprint density at radius 1 is 1.56 bits per heavy atom. The molecule has 4 nitrogen and oxygen atoms in total. The Hall–Kier alpha value is -1.40. The molecular weight excluding hydrogens is 244 g/mol. The van der Waals surface area contributed by atoms with Gasteiger partial charge in [-0.15, -0.1) is 0 Å². The zero-order valence-electron chi connectivity index (χ0n) is 7.88. The number of aromatic hydroxyl groups is 1. The first-order valence-corrected chi connectivity index (χ1v) is 4.56. The van der Waals surface area contributed by atoms with E-state index < -0.39 is 46.4 Å². The summed E-state index contributed by atoms with van der Waals surface area (Å²) in [6, 6.07) is -0.847. The molecule has 1 atom stereocenters. The van der Waals surface area contributed by atoms with Crippen LogP contribution in [0.4, 0.5) is 8.78 Å². The monoisotopic (exact) mass is 251 g/mol. The van der Waals surface area contributed by atoms with Gasteiger partial charge in [-0.2, -0.15) is 0 Å². The predicted octanol–water partition coefficient (Wildman–Crippen LogP) is 1.28. The topological polar surface area (TPSA) is 83.5 Å². The average Bonchev–Trinajstić information content (AvgIpc) is 2.21. The number of phenols is 1. The van der Waals surface area contributed by atoms with Gasteiger partial charge in [0.2, 0.25) is 0 Å². The highest BCUT2D eigenvalue weighted by atomic mass is 35.5. The Balaban J connectivity index is 3.17. The molecule has 0 saturated heterocycles. The van der Waals surface area contributed by atoms with Gasteiger partial charge in [0, 0.05) is 12.0 Å². The third-order valence-electron chi connectivity index (χ3n) is 1.98. The Bertz CT molecular complexity index is 413. The van der Waals surface area contributed by atoms with Crippen LogP contribution in [0.3, 0.4) is 0 Å². The zero-order chi connectivity index (χ0) is 12.5. The maximum Gasteiger partial charge on any atom is 0.320 e. The third-order valence-corrected chi connectivity index (χ3v) is 2.27. The molecule has 0 bridgehead atoms. The van der Waals surface area contributed by atoms with Gasteiger partial charge in [-0.25, -0.2) is 8.78 Å². The smallest absolute Gasteiger partial charge is 0.320 e. The molecule has 0 aliphatic carbocycles. The highest BCUT2D eigenvalue weighted by Crippen LogP contribution is 2.32. The lowest BCUT2D eigenvalue weighted by Gasteiger charge is -2.11. The molecule has 0 saturated carbocycles. The van der Waals surface area contributed by atoms with Crippen molar-refractivity contribution in [2.24, 2.45) is 5.73 Å². The molecule has 0 aromatic heterocycles. The van der Waals surface area contributed by atoms with Crippen molar-refractivity contribution in [3.8, 4) is 5.75 Å². The first-order valence-electron chi connectivity index (χ1n) is 4.18. The Morgan fingerprint density at radius 2 is 2.12 bits per heavy atom. The molecule has 7 heteroatoms. The summed E-state index contributed by atoms with van der Waals surface area (Å²) in [5.41, 5.74) is 4.60. The number of carboxylic acid groups (broad SMARTS) is 1. The minimum absolute atomic E-state index is 0.397. The Kier molecular flexibility index (Phi) is 3.66. The van der Waals surface area contributed by atoms with Gasteiger partial charge in [0.25, 0.3) is 0 Å². The number of halogens is 3. The lowest BCUT2D eigenvalue weighted by atomic mass is 10.0. The summed E-state index contributed by atoms with van der Waals surface area (Å²) in [4.78, 5) is 10.4. The fourth-order valence-corrected chi connectivity index (χ4v) is 1.34. The number of benzene rings is 1. The van der Waals surface area contributed by atoms with Gasteiger partial charge in [-0.05, 0) is 6.07 Å². The van der Waals surface area contributed by atoms with Crippen molar-refractivity contribution in [2.75, 3.05) is 0 Å². The van der Waals surface area contributed by atoms with Crippen LogP contribution in [0.5, 0.6) is 5.75 Å². The number of phenolic OH excluding ortho intramolecular Hbond substituents is 1. The normalized spacial score (nSPS) is 12.5. The quantitative estimate of drug-likeness (QED) is 0.707. The van der Waals surface area contributed by atoms with E-state index in [-0.39, 0.29) is 0 Å². The van der Waals surface area contributed by atoms with E-state index in [4.69, 9.17) is 22.4 Å². The minimum Gasteiger partial charge on any atom is -0.506 e. The summed E-state index contributed by atoms with van der Waals surface area (Å²) in [6.45, 7) is 0. The van der Waals surface area contributed by atoms with Crippen molar-refractivity contribution in [1.82, 2.24) is 0 Å². The first kappa shape index (κ1) is 12.7. The fourth-order valence-electron chi connectivity index (χ4n) is 1.13.